The molecule has 1 fully saturated rings. The first-order valence-corrected chi connectivity index (χ1v) is 25.7. The number of thioether (sulfide) groups is 1. The third-order valence-electron chi connectivity index (χ3n) is 10.4. The summed E-state index contributed by atoms with van der Waals surface area (Å²) in [6.45, 7) is 9.23. The highest BCUT2D eigenvalue weighted by molar-refractivity contribution is 8.00. The van der Waals surface area contributed by atoms with Gasteiger partial charge in [-0.3, -0.25) is 29.1 Å². The molecule has 4 N–H and O–H groups in total. The molecule has 2 aliphatic rings. The maximum atomic E-state index is 13.6. The maximum Gasteiger partial charge on any atom is 0.407 e. The smallest absolute Gasteiger partial charge is 0.407 e. The van der Waals surface area contributed by atoms with Crippen LogP contribution >= 0.6 is 11.8 Å². The predicted molar refractivity (Wildman–Crippen MR) is 238 cm³/mol. The van der Waals surface area contributed by atoms with Crippen molar-refractivity contribution in [1.82, 2.24) is 45.4 Å². The average Bonchev–Trinajstić information content (AvgIpc) is 3.96. The minimum Gasteiger partial charge on any atom is -0.480 e. The molecule has 0 bridgehead atoms. The summed E-state index contributed by atoms with van der Waals surface area (Å²) in [6.07, 6.45) is 4.99. The summed E-state index contributed by atoms with van der Waals surface area (Å²) in [5, 5.41) is 29.2. The van der Waals surface area contributed by atoms with Crippen LogP contribution in [0.25, 0.3) is 22.7 Å². The summed E-state index contributed by atoms with van der Waals surface area (Å²) in [5.41, 5.74) is 3.64. The molecule has 2 unspecified atom stereocenters. The molecule has 340 valence electrons. The quantitative estimate of drug-likeness (QED) is 0.0548. The number of unbranched alkanes of at least 4 members (excludes halogenated alkanes) is 3. The van der Waals surface area contributed by atoms with E-state index in [-0.39, 0.29) is 42.8 Å². The van der Waals surface area contributed by atoms with Crippen LogP contribution < -0.4 is 21.5 Å². The lowest BCUT2D eigenvalue weighted by molar-refractivity contribution is -0.142. The van der Waals surface area contributed by atoms with Crippen LogP contribution in [0.2, 0.25) is 25.7 Å². The second kappa shape index (κ2) is 21.3. The maximum absolute atomic E-state index is 13.6. The monoisotopic (exact) mass is 916 g/mol. The van der Waals surface area contributed by atoms with Crippen LogP contribution in [0.15, 0.2) is 58.0 Å². The topological polar surface area (TPSA) is 261 Å². The van der Waals surface area contributed by atoms with Crippen LogP contribution in [-0.2, 0) is 43.5 Å². The largest absolute Gasteiger partial charge is 0.480 e. The number of ether oxygens (including phenoxy) is 1. The fourth-order valence-corrected chi connectivity index (χ4v) is 8.72. The van der Waals surface area contributed by atoms with Crippen LogP contribution in [0.5, 0.6) is 0 Å². The zero-order valence-corrected chi connectivity index (χ0v) is 37.9. The summed E-state index contributed by atoms with van der Waals surface area (Å²) < 4.78 is 12.1. The molecule has 1 aromatic carbocycles. The number of imide groups is 1. The summed E-state index contributed by atoms with van der Waals surface area (Å²) in [5.74, 6) is -2.77. The van der Waals surface area contributed by atoms with Crippen molar-refractivity contribution in [2.24, 2.45) is 0 Å². The molecule has 64 heavy (non-hydrogen) atoms. The van der Waals surface area contributed by atoms with Gasteiger partial charge in [-0.2, -0.15) is 5.10 Å². The van der Waals surface area contributed by atoms with Gasteiger partial charge in [0, 0.05) is 77.0 Å². The Morgan fingerprint density at radius 2 is 1.75 bits per heavy atom. The Bertz CT molecular complexity index is 2400. The average molecular weight is 917 g/mol. The Morgan fingerprint density at radius 1 is 1.00 bits per heavy atom. The first-order valence-electron chi connectivity index (χ1n) is 20.9. The van der Waals surface area contributed by atoms with Gasteiger partial charge in [-0.05, 0) is 54.3 Å². The number of fused-ring (bicyclic) bond motifs is 1. The second-order valence-corrected chi connectivity index (χ2v) is 23.6. The number of carbonyl (C=O) groups excluding carboxylic acids is 5. The van der Waals surface area contributed by atoms with E-state index in [1.165, 1.54) is 4.68 Å². The summed E-state index contributed by atoms with van der Waals surface area (Å²) in [6, 6.07) is 9.78. The highest BCUT2D eigenvalue weighted by atomic mass is 32.2. The Kier molecular flexibility index (Phi) is 15.7. The molecule has 6 amide bonds. The van der Waals surface area contributed by atoms with Gasteiger partial charge in [-0.25, -0.2) is 19.1 Å². The van der Waals surface area contributed by atoms with Gasteiger partial charge in [0.25, 0.3) is 11.4 Å². The molecule has 22 heteroatoms. The number of benzene rings is 1. The van der Waals surface area contributed by atoms with Crippen molar-refractivity contribution < 1.29 is 43.0 Å². The van der Waals surface area contributed by atoms with Gasteiger partial charge in [-0.1, -0.05) is 44.6 Å². The molecular weight excluding hydrogens is 865 g/mol. The first kappa shape index (κ1) is 47.1. The van der Waals surface area contributed by atoms with E-state index in [0.717, 1.165) is 33.8 Å². The molecular formula is C42H52N10O10SSi. The number of pyridine rings is 1. The number of aliphatic carboxylic acids is 1. The van der Waals surface area contributed by atoms with E-state index in [0.29, 0.717) is 68.2 Å². The number of amides is 6. The third-order valence-corrected chi connectivity index (χ3v) is 13.4. The van der Waals surface area contributed by atoms with E-state index < -0.39 is 61.3 Å². The van der Waals surface area contributed by atoms with Gasteiger partial charge >= 0.3 is 18.1 Å². The van der Waals surface area contributed by atoms with Crippen LogP contribution in [0, 0.1) is 6.92 Å². The van der Waals surface area contributed by atoms with E-state index in [1.807, 2.05) is 6.07 Å². The number of nitrogens with zero attached hydrogens (tertiary/aromatic N) is 7. The number of anilines is 1. The molecule has 0 saturated carbocycles. The van der Waals surface area contributed by atoms with Crippen molar-refractivity contribution >= 4 is 61.3 Å². The van der Waals surface area contributed by atoms with E-state index in [9.17, 15) is 38.7 Å². The van der Waals surface area contributed by atoms with Crippen molar-refractivity contribution in [3.8, 4) is 22.7 Å². The molecule has 20 nitrogen and oxygen atoms in total. The standard InChI is InChI=1S/C42H52N10O10SSi/c1-26-47-48-37(62-26)31-19-32(27-9-11-30(12-10-27)45-41(59)50-22-28-13-15-43-21-29(28)23-50)49-52(38(31)55)16-8-6-5-7-14-44-35(53)24-51-36(54)20-34(39(51)56)63-25-33(40(57)58)46-42(60)61-17-18-64(2,3)4/h9-13,15,19,21,33-34H,5-8,14,16-18,20,22-25H2,1-4H3,(H,44,53)(H,45,59)(H,46,60)(H,57,58). The number of alkyl carbamates (subject to hydrolysis) is 1. The molecule has 1 saturated heterocycles. The highest BCUT2D eigenvalue weighted by Crippen LogP contribution is 2.27. The zero-order chi connectivity index (χ0) is 46.0. The number of aryl methyl sites for hydroxylation is 2. The first-order chi connectivity index (χ1) is 30.5. The molecule has 2 aliphatic heterocycles. The number of hydrogen-bond acceptors (Lipinski definition) is 14. The van der Waals surface area contributed by atoms with Crippen molar-refractivity contribution in [3.05, 3.63) is 76.2 Å². The van der Waals surface area contributed by atoms with Crippen molar-refractivity contribution in [1.29, 1.82) is 0 Å². The number of carboxylic acid groups (broad SMARTS) is 1. The molecule has 5 heterocycles. The molecule has 3 aromatic heterocycles. The Labute approximate surface area is 373 Å². The number of hydrogen-bond donors (Lipinski definition) is 4. The van der Waals surface area contributed by atoms with E-state index in [2.05, 4.69) is 55.9 Å². The Hall–Kier alpha value is -6.42. The number of carbonyl (C=O) groups is 6. The molecule has 0 aliphatic carbocycles. The molecule has 2 atom stereocenters. The fraction of sp³-hybridized carbons (Fsp3) is 0.452. The Balaban J connectivity index is 0.942. The van der Waals surface area contributed by atoms with Crippen LogP contribution in [0.3, 0.4) is 0 Å². The van der Waals surface area contributed by atoms with Crippen molar-refractivity contribution in [2.45, 2.75) is 95.6 Å². The SMILES string of the molecule is Cc1nnc(-c2cc(-c3ccc(NC(=O)N4Cc5ccncc5C4)cc3)nn(CCCCCCNC(=O)CN3C(=O)CC(SCC(NC(=O)OCC[Si](C)(C)C)C(=O)O)C3=O)c2=O)o1. The van der Waals surface area contributed by atoms with E-state index in [1.54, 1.807) is 54.5 Å². The zero-order valence-electron chi connectivity index (χ0n) is 36.1. The van der Waals surface area contributed by atoms with Gasteiger partial charge < -0.3 is 35.1 Å². The summed E-state index contributed by atoms with van der Waals surface area (Å²) in [4.78, 5) is 95.5. The van der Waals surface area contributed by atoms with Gasteiger partial charge in [0.15, 0.2) is 0 Å². The predicted octanol–water partition coefficient (Wildman–Crippen LogP) is 4.27. The molecule has 4 aromatic rings. The number of carboxylic acids is 1. The minimum absolute atomic E-state index is 0.0686. The molecule has 6 rings (SSSR count). The van der Waals surface area contributed by atoms with Gasteiger partial charge in [0.1, 0.15) is 18.2 Å². The fourth-order valence-electron chi connectivity index (χ4n) is 6.82. The number of urea groups is 1. The number of likely N-dealkylation sites (tertiary alicyclic amines) is 1. The van der Waals surface area contributed by atoms with Crippen molar-refractivity contribution in [2.75, 3.05) is 30.8 Å². The molecule has 0 spiro atoms. The summed E-state index contributed by atoms with van der Waals surface area (Å²) >= 11 is 0.926. The molecule has 0 radical (unpaired) electrons. The lowest BCUT2D eigenvalue weighted by Gasteiger charge is -2.18. The highest BCUT2D eigenvalue weighted by Gasteiger charge is 2.40. The number of aromatic nitrogens is 5. The third kappa shape index (κ3) is 12.8. The van der Waals surface area contributed by atoms with Crippen molar-refractivity contribution in [3.63, 3.8) is 0 Å². The normalized spacial score (nSPS) is 15.2. The summed E-state index contributed by atoms with van der Waals surface area (Å²) in [7, 11) is -1.46. The lowest BCUT2D eigenvalue weighted by Crippen LogP contribution is -2.44. The van der Waals surface area contributed by atoms with Gasteiger partial charge in [-0.15, -0.1) is 22.0 Å². The number of nitrogens with one attached hydrogen (secondary N) is 3. The van der Waals surface area contributed by atoms with Crippen LogP contribution in [-0.4, -0.2) is 120 Å². The number of rotatable bonds is 20. The van der Waals surface area contributed by atoms with Crippen LogP contribution in [0.1, 0.15) is 49.1 Å². The minimum atomic E-state index is -1.46. The lowest BCUT2D eigenvalue weighted by atomic mass is 10.1. The van der Waals surface area contributed by atoms with E-state index in [4.69, 9.17) is 9.15 Å². The van der Waals surface area contributed by atoms with E-state index >= 15 is 0 Å². The Morgan fingerprint density at radius 3 is 2.45 bits per heavy atom. The van der Waals surface area contributed by atoms with Gasteiger partial charge in [0.2, 0.25) is 23.6 Å². The van der Waals surface area contributed by atoms with Gasteiger partial charge in [0.05, 0.1) is 17.6 Å². The van der Waals surface area contributed by atoms with Crippen LogP contribution in [0.4, 0.5) is 15.3 Å². The second-order valence-electron chi connectivity index (χ2n) is 16.7.